The van der Waals surface area contributed by atoms with Crippen LogP contribution in [0.1, 0.15) is 30.6 Å². The van der Waals surface area contributed by atoms with Gasteiger partial charge in [0.25, 0.3) is 5.89 Å². The molecule has 3 rings (SSSR count). The van der Waals surface area contributed by atoms with Crippen LogP contribution in [-0.2, 0) is 19.6 Å². The Hall–Kier alpha value is -2.41. The monoisotopic (exact) mass is 315 g/mol. The third-order valence-electron chi connectivity index (χ3n) is 3.62. The zero-order valence-electron chi connectivity index (χ0n) is 13.7. The summed E-state index contributed by atoms with van der Waals surface area (Å²) in [5, 5.41) is 8.19. The van der Waals surface area contributed by atoms with Crippen molar-refractivity contribution in [2.45, 2.75) is 39.9 Å². The van der Waals surface area contributed by atoms with Crippen LogP contribution in [0.4, 0.5) is 0 Å². The Morgan fingerprint density at radius 2 is 2.17 bits per heavy atom. The van der Waals surface area contributed by atoms with Gasteiger partial charge in [0.15, 0.2) is 5.76 Å². The second kappa shape index (κ2) is 6.78. The van der Waals surface area contributed by atoms with Crippen LogP contribution in [0.3, 0.4) is 0 Å². The summed E-state index contributed by atoms with van der Waals surface area (Å²) in [5.41, 5.74) is 0.903. The van der Waals surface area contributed by atoms with Crippen molar-refractivity contribution in [3.63, 3.8) is 0 Å². The Morgan fingerprint density at radius 1 is 1.30 bits per heavy atom. The molecule has 0 aliphatic heterocycles. The molecule has 0 spiro atoms. The molecule has 0 fully saturated rings. The van der Waals surface area contributed by atoms with Gasteiger partial charge in [-0.1, -0.05) is 6.92 Å². The topological polar surface area (TPSA) is 73.1 Å². The number of aryl methyl sites for hydroxylation is 2. The lowest BCUT2D eigenvalue weighted by Gasteiger charge is -2.15. The number of aromatic nitrogens is 4. The van der Waals surface area contributed by atoms with Crippen LogP contribution in [-0.4, -0.2) is 31.7 Å². The molecule has 3 heterocycles. The van der Waals surface area contributed by atoms with Gasteiger partial charge in [-0.05, 0) is 32.5 Å². The molecule has 3 aromatic heterocycles. The second-order valence-corrected chi connectivity index (χ2v) is 5.61. The first-order chi connectivity index (χ1) is 11.2. The first-order valence-corrected chi connectivity index (χ1v) is 7.72. The van der Waals surface area contributed by atoms with Gasteiger partial charge >= 0.3 is 0 Å². The van der Waals surface area contributed by atoms with E-state index in [0.29, 0.717) is 24.7 Å². The number of hydrogen-bond acceptors (Lipinski definition) is 6. The normalized spacial score (nSPS) is 11.5. The highest BCUT2D eigenvalue weighted by Crippen LogP contribution is 2.22. The van der Waals surface area contributed by atoms with Gasteiger partial charge < -0.3 is 13.4 Å². The SMILES string of the molecule is CCCn1cnnc1CN(C)Cc1nc(-c2ccco2)oc1C. The fourth-order valence-electron chi connectivity index (χ4n) is 2.46. The Morgan fingerprint density at radius 3 is 2.91 bits per heavy atom. The molecular weight excluding hydrogens is 294 g/mol. The predicted molar refractivity (Wildman–Crippen MR) is 84.4 cm³/mol. The predicted octanol–water partition coefficient (Wildman–Crippen LogP) is 2.88. The maximum Gasteiger partial charge on any atom is 0.263 e. The van der Waals surface area contributed by atoms with Gasteiger partial charge in [0.2, 0.25) is 0 Å². The summed E-state index contributed by atoms with van der Waals surface area (Å²) < 4.78 is 13.1. The van der Waals surface area contributed by atoms with Crippen LogP contribution < -0.4 is 0 Å². The van der Waals surface area contributed by atoms with E-state index in [4.69, 9.17) is 8.83 Å². The highest BCUT2D eigenvalue weighted by atomic mass is 16.4. The standard InChI is InChI=1S/C16H21N5O2/c1-4-7-21-11-17-19-15(21)10-20(3)9-13-12(2)23-16(18-13)14-6-5-8-22-14/h5-6,8,11H,4,7,9-10H2,1-3H3. The summed E-state index contributed by atoms with van der Waals surface area (Å²) in [7, 11) is 2.03. The number of furan rings is 1. The van der Waals surface area contributed by atoms with Gasteiger partial charge in [-0.25, -0.2) is 4.98 Å². The van der Waals surface area contributed by atoms with Crippen LogP contribution in [0.15, 0.2) is 33.6 Å². The van der Waals surface area contributed by atoms with Gasteiger partial charge in [-0.3, -0.25) is 4.90 Å². The average molecular weight is 315 g/mol. The lowest BCUT2D eigenvalue weighted by molar-refractivity contribution is 0.299. The average Bonchev–Trinajstić information content (AvgIpc) is 3.23. The van der Waals surface area contributed by atoms with Gasteiger partial charge in [-0.2, -0.15) is 0 Å². The van der Waals surface area contributed by atoms with E-state index < -0.39 is 0 Å². The maximum absolute atomic E-state index is 5.69. The highest BCUT2D eigenvalue weighted by molar-refractivity contribution is 5.44. The molecular formula is C16H21N5O2. The molecule has 7 heteroatoms. The lowest BCUT2D eigenvalue weighted by Crippen LogP contribution is -2.20. The van der Waals surface area contributed by atoms with Gasteiger partial charge in [0.1, 0.15) is 17.9 Å². The smallest absolute Gasteiger partial charge is 0.263 e. The van der Waals surface area contributed by atoms with Crippen molar-refractivity contribution >= 4 is 0 Å². The first kappa shape index (κ1) is 15.5. The lowest BCUT2D eigenvalue weighted by atomic mass is 10.3. The molecule has 7 nitrogen and oxygen atoms in total. The van der Waals surface area contributed by atoms with Crippen molar-refractivity contribution in [3.05, 3.63) is 42.0 Å². The Kier molecular flexibility index (Phi) is 4.57. The minimum Gasteiger partial charge on any atom is -0.459 e. The fourth-order valence-corrected chi connectivity index (χ4v) is 2.46. The molecule has 0 aliphatic rings. The minimum atomic E-state index is 0.519. The molecule has 0 amide bonds. The van der Waals surface area contributed by atoms with Crippen LogP contribution in [0, 0.1) is 6.92 Å². The van der Waals surface area contributed by atoms with Crippen molar-refractivity contribution in [2.24, 2.45) is 0 Å². The molecule has 0 radical (unpaired) electrons. The number of nitrogens with zero attached hydrogens (tertiary/aromatic N) is 5. The zero-order chi connectivity index (χ0) is 16.2. The van der Waals surface area contributed by atoms with Crippen LogP contribution in [0.5, 0.6) is 0 Å². The summed E-state index contributed by atoms with van der Waals surface area (Å²) in [5.74, 6) is 2.93. The third-order valence-corrected chi connectivity index (χ3v) is 3.62. The van der Waals surface area contributed by atoms with Crippen LogP contribution in [0.25, 0.3) is 11.7 Å². The van der Waals surface area contributed by atoms with E-state index in [2.05, 4.69) is 31.6 Å². The number of hydrogen-bond donors (Lipinski definition) is 0. The van der Waals surface area contributed by atoms with E-state index in [9.17, 15) is 0 Å². The highest BCUT2D eigenvalue weighted by Gasteiger charge is 2.16. The van der Waals surface area contributed by atoms with E-state index in [1.54, 1.807) is 12.6 Å². The Balaban J connectivity index is 1.68. The largest absolute Gasteiger partial charge is 0.459 e. The second-order valence-electron chi connectivity index (χ2n) is 5.61. The van der Waals surface area contributed by atoms with E-state index >= 15 is 0 Å². The van der Waals surface area contributed by atoms with Crippen molar-refractivity contribution in [2.75, 3.05) is 7.05 Å². The quantitative estimate of drug-likeness (QED) is 0.667. The van der Waals surface area contributed by atoms with E-state index in [-0.39, 0.29) is 0 Å². The summed E-state index contributed by atoms with van der Waals surface area (Å²) in [6.07, 6.45) is 4.45. The molecule has 23 heavy (non-hydrogen) atoms. The van der Waals surface area contributed by atoms with Crippen molar-refractivity contribution in [1.82, 2.24) is 24.6 Å². The van der Waals surface area contributed by atoms with Crippen molar-refractivity contribution in [1.29, 1.82) is 0 Å². The van der Waals surface area contributed by atoms with Crippen molar-refractivity contribution < 1.29 is 8.83 Å². The summed E-state index contributed by atoms with van der Waals surface area (Å²) in [6.45, 7) is 6.38. The van der Waals surface area contributed by atoms with Crippen LogP contribution in [0.2, 0.25) is 0 Å². The molecule has 3 aromatic rings. The molecule has 0 aliphatic carbocycles. The van der Waals surface area contributed by atoms with Crippen LogP contribution >= 0.6 is 0 Å². The van der Waals surface area contributed by atoms with E-state index in [1.165, 1.54) is 0 Å². The number of rotatable bonds is 7. The molecule has 0 saturated heterocycles. The third kappa shape index (κ3) is 3.50. The molecule has 0 N–H and O–H groups in total. The summed E-state index contributed by atoms with van der Waals surface area (Å²) in [4.78, 5) is 6.68. The summed E-state index contributed by atoms with van der Waals surface area (Å²) in [6, 6.07) is 3.66. The zero-order valence-corrected chi connectivity index (χ0v) is 13.7. The first-order valence-electron chi connectivity index (χ1n) is 7.72. The summed E-state index contributed by atoms with van der Waals surface area (Å²) >= 11 is 0. The molecule has 0 saturated carbocycles. The molecule has 0 aromatic carbocycles. The minimum absolute atomic E-state index is 0.519. The molecule has 0 bridgehead atoms. The maximum atomic E-state index is 5.69. The molecule has 0 unspecified atom stereocenters. The molecule has 0 atom stereocenters. The number of oxazole rings is 1. The molecule has 122 valence electrons. The van der Waals surface area contributed by atoms with Gasteiger partial charge in [0.05, 0.1) is 18.5 Å². The van der Waals surface area contributed by atoms with E-state index in [0.717, 1.165) is 30.2 Å². The Bertz CT molecular complexity index is 744. The van der Waals surface area contributed by atoms with E-state index in [1.807, 2.05) is 26.1 Å². The van der Waals surface area contributed by atoms with Gasteiger partial charge in [0, 0.05) is 13.1 Å². The van der Waals surface area contributed by atoms with Crippen molar-refractivity contribution in [3.8, 4) is 11.7 Å². The Labute approximate surface area is 134 Å². The van der Waals surface area contributed by atoms with Gasteiger partial charge in [-0.15, -0.1) is 10.2 Å². The fraction of sp³-hybridized carbons (Fsp3) is 0.438.